The Kier molecular flexibility index (Phi) is 4.05. The fourth-order valence-electron chi connectivity index (χ4n) is 2.04. The van der Waals surface area contributed by atoms with Crippen LogP contribution >= 0.6 is 15.9 Å². The first kappa shape index (κ1) is 13.5. The van der Waals surface area contributed by atoms with E-state index in [2.05, 4.69) is 22.0 Å². The number of rotatable bonds is 2. The summed E-state index contributed by atoms with van der Waals surface area (Å²) in [6, 6.07) is 8.80. The van der Waals surface area contributed by atoms with Crippen molar-refractivity contribution >= 4 is 26.0 Å². The van der Waals surface area contributed by atoms with E-state index in [-0.39, 0.29) is 10.8 Å². The third-order valence-electron chi connectivity index (χ3n) is 3.00. The van der Waals surface area contributed by atoms with Crippen LogP contribution < -0.4 is 0 Å². The third-order valence-corrected chi connectivity index (χ3v) is 5.35. The summed E-state index contributed by atoms with van der Waals surface area (Å²) in [5, 5.41) is 8.91. The number of benzene rings is 1. The fraction of sp³-hybridized carbons (Fsp3) is 0.417. The molecule has 1 heterocycles. The zero-order chi connectivity index (χ0) is 13.2. The van der Waals surface area contributed by atoms with E-state index in [1.54, 1.807) is 24.3 Å². The summed E-state index contributed by atoms with van der Waals surface area (Å²) in [5.41, 5.74) is 0. The molecule has 0 aliphatic carbocycles. The topological polar surface area (TPSA) is 61.2 Å². The van der Waals surface area contributed by atoms with Gasteiger partial charge in [-0.05, 0) is 31.0 Å². The van der Waals surface area contributed by atoms with E-state index >= 15 is 0 Å². The van der Waals surface area contributed by atoms with Crippen LogP contribution in [0.4, 0.5) is 0 Å². The van der Waals surface area contributed by atoms with Crippen LogP contribution in [0.5, 0.6) is 0 Å². The van der Waals surface area contributed by atoms with Crippen molar-refractivity contribution in [1.82, 2.24) is 4.31 Å². The number of piperidine rings is 1. The first-order valence-corrected chi connectivity index (χ1v) is 7.92. The van der Waals surface area contributed by atoms with Gasteiger partial charge in [-0.25, -0.2) is 8.42 Å². The normalized spacial score (nSPS) is 21.4. The van der Waals surface area contributed by atoms with Crippen molar-refractivity contribution in [2.24, 2.45) is 5.92 Å². The Morgan fingerprint density at radius 3 is 2.89 bits per heavy atom. The van der Waals surface area contributed by atoms with Gasteiger partial charge in [0, 0.05) is 17.6 Å². The lowest BCUT2D eigenvalue weighted by Crippen LogP contribution is -2.39. The molecule has 18 heavy (non-hydrogen) atoms. The monoisotopic (exact) mass is 328 g/mol. The molecule has 2 rings (SSSR count). The molecule has 1 aliphatic rings. The van der Waals surface area contributed by atoms with Gasteiger partial charge < -0.3 is 0 Å². The first-order chi connectivity index (χ1) is 8.54. The van der Waals surface area contributed by atoms with Gasteiger partial charge in [-0.2, -0.15) is 9.57 Å². The molecule has 6 heteroatoms. The summed E-state index contributed by atoms with van der Waals surface area (Å²) in [4.78, 5) is 0.274. The van der Waals surface area contributed by atoms with E-state index in [1.807, 2.05) is 0 Å². The number of sulfonamides is 1. The molecule has 96 valence electrons. The molecule has 0 N–H and O–H groups in total. The molecule has 4 nitrogen and oxygen atoms in total. The van der Waals surface area contributed by atoms with Crippen molar-refractivity contribution in [3.8, 4) is 6.07 Å². The summed E-state index contributed by atoms with van der Waals surface area (Å²) >= 11 is 3.27. The van der Waals surface area contributed by atoms with E-state index in [9.17, 15) is 8.42 Å². The molecule has 1 aromatic rings. The molecule has 0 aromatic heterocycles. The number of nitriles is 1. The van der Waals surface area contributed by atoms with Crippen LogP contribution in [-0.2, 0) is 10.0 Å². The largest absolute Gasteiger partial charge is 0.243 e. The molecule has 0 radical (unpaired) electrons. The van der Waals surface area contributed by atoms with Crippen LogP contribution in [-0.4, -0.2) is 25.8 Å². The molecule has 0 bridgehead atoms. The van der Waals surface area contributed by atoms with Gasteiger partial charge in [-0.3, -0.25) is 0 Å². The quantitative estimate of drug-likeness (QED) is 0.837. The van der Waals surface area contributed by atoms with Gasteiger partial charge in [0.25, 0.3) is 0 Å². The van der Waals surface area contributed by atoms with Crippen molar-refractivity contribution < 1.29 is 8.42 Å². The second kappa shape index (κ2) is 5.39. The smallest absolute Gasteiger partial charge is 0.207 e. The fourth-order valence-corrected chi connectivity index (χ4v) is 4.16. The second-order valence-corrected chi connectivity index (χ2v) is 7.14. The highest BCUT2D eigenvalue weighted by Crippen LogP contribution is 2.24. The van der Waals surface area contributed by atoms with Crippen molar-refractivity contribution in [3.05, 3.63) is 28.7 Å². The standard InChI is InChI=1S/C12H13BrN2O2S/c13-11-4-1-5-12(7-11)18(16,17)15-6-2-3-10(8-14)9-15/h1,4-5,7,10H,2-3,6,9H2. The zero-order valence-corrected chi connectivity index (χ0v) is 12.1. The molecular formula is C12H13BrN2O2S. The minimum atomic E-state index is -3.48. The lowest BCUT2D eigenvalue weighted by molar-refractivity contribution is 0.305. The first-order valence-electron chi connectivity index (χ1n) is 5.69. The van der Waals surface area contributed by atoms with Crippen molar-refractivity contribution in [3.63, 3.8) is 0 Å². The molecule has 0 spiro atoms. The van der Waals surface area contributed by atoms with Gasteiger partial charge in [-0.15, -0.1) is 0 Å². The van der Waals surface area contributed by atoms with Gasteiger partial charge >= 0.3 is 0 Å². The third kappa shape index (κ3) is 2.74. The van der Waals surface area contributed by atoms with Crippen LogP contribution in [0, 0.1) is 17.2 Å². The summed E-state index contributed by atoms with van der Waals surface area (Å²) in [5.74, 6) is -0.194. The van der Waals surface area contributed by atoms with Crippen molar-refractivity contribution in [2.75, 3.05) is 13.1 Å². The van der Waals surface area contributed by atoms with Crippen LogP contribution in [0.15, 0.2) is 33.6 Å². The number of nitrogens with zero attached hydrogens (tertiary/aromatic N) is 2. The molecular weight excluding hydrogens is 316 g/mol. The van der Waals surface area contributed by atoms with Crippen LogP contribution in [0.25, 0.3) is 0 Å². The predicted molar refractivity (Wildman–Crippen MR) is 71.2 cm³/mol. The molecule has 1 aliphatic heterocycles. The van der Waals surface area contributed by atoms with Gasteiger partial charge in [0.05, 0.1) is 16.9 Å². The molecule has 0 saturated carbocycles. The Hall–Kier alpha value is -0.900. The maximum atomic E-state index is 12.4. The zero-order valence-electron chi connectivity index (χ0n) is 9.71. The second-order valence-electron chi connectivity index (χ2n) is 4.29. The number of hydrogen-bond acceptors (Lipinski definition) is 3. The van der Waals surface area contributed by atoms with Crippen molar-refractivity contribution in [1.29, 1.82) is 5.26 Å². The highest BCUT2D eigenvalue weighted by molar-refractivity contribution is 9.10. The van der Waals surface area contributed by atoms with Gasteiger partial charge in [0.2, 0.25) is 10.0 Å². The van der Waals surface area contributed by atoms with Crippen LogP contribution in [0.3, 0.4) is 0 Å². The summed E-state index contributed by atoms with van der Waals surface area (Å²) < 4.78 is 26.9. The van der Waals surface area contributed by atoms with Gasteiger partial charge in [0.15, 0.2) is 0 Å². The summed E-state index contributed by atoms with van der Waals surface area (Å²) in [7, 11) is -3.48. The lowest BCUT2D eigenvalue weighted by Gasteiger charge is -2.28. The van der Waals surface area contributed by atoms with Gasteiger partial charge in [0.1, 0.15) is 0 Å². The SMILES string of the molecule is N#CC1CCCN(S(=O)(=O)c2cccc(Br)c2)C1. The molecule has 1 fully saturated rings. The van der Waals surface area contributed by atoms with E-state index in [0.29, 0.717) is 13.1 Å². The summed E-state index contributed by atoms with van der Waals surface area (Å²) in [6.07, 6.45) is 1.52. The number of hydrogen-bond donors (Lipinski definition) is 0. The minimum absolute atomic E-state index is 0.194. The predicted octanol–water partition coefficient (Wildman–Crippen LogP) is 2.37. The maximum Gasteiger partial charge on any atom is 0.243 e. The van der Waals surface area contributed by atoms with E-state index < -0.39 is 10.0 Å². The molecule has 1 atom stereocenters. The van der Waals surface area contributed by atoms with E-state index in [0.717, 1.165) is 17.3 Å². The summed E-state index contributed by atoms with van der Waals surface area (Å²) in [6.45, 7) is 0.790. The molecule has 0 amide bonds. The Balaban J connectivity index is 2.29. The minimum Gasteiger partial charge on any atom is -0.207 e. The highest BCUT2D eigenvalue weighted by atomic mass is 79.9. The maximum absolute atomic E-state index is 12.4. The van der Waals surface area contributed by atoms with Crippen LogP contribution in [0.1, 0.15) is 12.8 Å². The molecule has 1 aromatic carbocycles. The lowest BCUT2D eigenvalue weighted by atomic mass is 10.0. The average molecular weight is 329 g/mol. The average Bonchev–Trinajstić information content (AvgIpc) is 2.39. The van der Waals surface area contributed by atoms with E-state index in [1.165, 1.54) is 4.31 Å². The number of halogens is 1. The van der Waals surface area contributed by atoms with Gasteiger partial charge in [-0.1, -0.05) is 22.0 Å². The Bertz CT molecular complexity index is 580. The Labute approximate surface area is 115 Å². The Morgan fingerprint density at radius 2 is 2.22 bits per heavy atom. The highest BCUT2D eigenvalue weighted by Gasteiger charge is 2.30. The van der Waals surface area contributed by atoms with Crippen LogP contribution in [0.2, 0.25) is 0 Å². The van der Waals surface area contributed by atoms with E-state index in [4.69, 9.17) is 5.26 Å². The van der Waals surface area contributed by atoms with Crippen molar-refractivity contribution in [2.45, 2.75) is 17.7 Å². The molecule has 1 unspecified atom stereocenters. The molecule has 1 saturated heterocycles. The Morgan fingerprint density at radius 1 is 1.44 bits per heavy atom.